The lowest BCUT2D eigenvalue weighted by molar-refractivity contribution is -0.168. The Hall–Kier alpha value is -1.42. The second-order valence-electron chi connectivity index (χ2n) is 4.54. The molecule has 2 fully saturated rings. The Kier molecular flexibility index (Phi) is 2.23. The summed E-state index contributed by atoms with van der Waals surface area (Å²) >= 11 is 0. The standard InChI is InChI=1S/C9H6F3NO5S/c10-9(11,12)19(16,17)18-13-7(14)5-3-1-2-4(3)6(5)8(13)15/h1-6H. The number of allylic oxidation sites excluding steroid dienone is 2. The summed E-state index contributed by atoms with van der Waals surface area (Å²) in [4.78, 5) is 23.4. The lowest BCUT2D eigenvalue weighted by atomic mass is 9.52. The third-order valence-electron chi connectivity index (χ3n) is 3.64. The number of halogens is 3. The zero-order chi connectivity index (χ0) is 14.2. The molecule has 0 N–H and O–H groups in total. The number of hydrogen-bond acceptors (Lipinski definition) is 5. The van der Waals surface area contributed by atoms with Gasteiger partial charge in [-0.2, -0.15) is 21.6 Å². The van der Waals surface area contributed by atoms with Crippen LogP contribution in [0.15, 0.2) is 12.2 Å². The van der Waals surface area contributed by atoms with Gasteiger partial charge in [-0.05, 0) is 11.8 Å². The fourth-order valence-electron chi connectivity index (χ4n) is 2.65. The molecule has 19 heavy (non-hydrogen) atoms. The number of carbonyl (C=O) groups excluding carboxylic acids is 2. The van der Waals surface area contributed by atoms with Crippen LogP contribution in [-0.4, -0.2) is 30.8 Å². The van der Waals surface area contributed by atoms with E-state index in [0.717, 1.165) is 0 Å². The SMILES string of the molecule is O=C1C2C3C=CC3C2C(=O)N1OS(=O)(=O)C(F)(F)F. The number of amides is 2. The molecule has 1 saturated carbocycles. The molecule has 0 radical (unpaired) electrons. The summed E-state index contributed by atoms with van der Waals surface area (Å²) in [5.74, 6) is -4.08. The number of hydroxylamine groups is 2. The number of nitrogens with zero attached hydrogens (tertiary/aromatic N) is 1. The second-order valence-corrected chi connectivity index (χ2v) is 6.06. The van der Waals surface area contributed by atoms with Crippen LogP contribution in [-0.2, 0) is 24.0 Å². The van der Waals surface area contributed by atoms with Crippen LogP contribution in [0.3, 0.4) is 0 Å². The molecule has 0 spiro atoms. The molecule has 1 aliphatic heterocycles. The molecule has 6 nitrogen and oxygen atoms in total. The van der Waals surface area contributed by atoms with Crippen LogP contribution in [0, 0.1) is 23.7 Å². The fraction of sp³-hybridized carbons (Fsp3) is 0.556. The number of fused-ring (bicyclic) bond motifs is 4. The van der Waals surface area contributed by atoms with Crippen LogP contribution in [0.25, 0.3) is 0 Å². The van der Waals surface area contributed by atoms with Gasteiger partial charge in [-0.3, -0.25) is 9.59 Å². The van der Waals surface area contributed by atoms with Gasteiger partial charge in [0.2, 0.25) is 0 Å². The van der Waals surface area contributed by atoms with E-state index < -0.39 is 39.3 Å². The highest BCUT2D eigenvalue weighted by Gasteiger charge is 2.67. The first-order valence-electron chi connectivity index (χ1n) is 5.22. The van der Waals surface area contributed by atoms with Crippen LogP contribution < -0.4 is 0 Å². The number of rotatable bonds is 2. The minimum Gasteiger partial charge on any atom is -0.272 e. The molecule has 4 atom stereocenters. The smallest absolute Gasteiger partial charge is 0.272 e. The third kappa shape index (κ3) is 1.43. The maximum absolute atomic E-state index is 12.1. The van der Waals surface area contributed by atoms with E-state index in [-0.39, 0.29) is 16.9 Å². The fourth-order valence-corrected chi connectivity index (χ4v) is 3.08. The van der Waals surface area contributed by atoms with Gasteiger partial charge in [-0.25, -0.2) is 0 Å². The van der Waals surface area contributed by atoms with Gasteiger partial charge in [0.05, 0.1) is 11.8 Å². The van der Waals surface area contributed by atoms with Crippen LogP contribution in [0.2, 0.25) is 0 Å². The molecule has 3 aliphatic rings. The summed E-state index contributed by atoms with van der Waals surface area (Å²) in [6.07, 6.45) is 3.33. The molecule has 4 unspecified atom stereocenters. The van der Waals surface area contributed by atoms with Crippen LogP contribution in [0.1, 0.15) is 0 Å². The van der Waals surface area contributed by atoms with Gasteiger partial charge in [0.25, 0.3) is 11.8 Å². The third-order valence-corrected chi connectivity index (χ3v) is 4.56. The van der Waals surface area contributed by atoms with Gasteiger partial charge in [-0.1, -0.05) is 12.2 Å². The predicted octanol–water partition coefficient (Wildman–Crippen LogP) is 0.185. The van der Waals surface area contributed by atoms with Crippen molar-refractivity contribution in [3.05, 3.63) is 12.2 Å². The first-order valence-corrected chi connectivity index (χ1v) is 6.63. The average molecular weight is 297 g/mol. The molecule has 1 heterocycles. The Morgan fingerprint density at radius 1 is 1.05 bits per heavy atom. The Balaban J connectivity index is 1.85. The summed E-state index contributed by atoms with van der Waals surface area (Å²) in [5, 5.41) is -0.266. The van der Waals surface area contributed by atoms with E-state index in [1.54, 1.807) is 12.2 Å². The van der Waals surface area contributed by atoms with Crippen LogP contribution in [0.4, 0.5) is 13.2 Å². The van der Waals surface area contributed by atoms with E-state index in [4.69, 9.17) is 0 Å². The normalized spacial score (nSPS) is 36.7. The zero-order valence-corrected chi connectivity index (χ0v) is 9.81. The van der Waals surface area contributed by atoms with Crippen molar-refractivity contribution in [2.24, 2.45) is 23.7 Å². The number of hydrogen-bond donors (Lipinski definition) is 0. The summed E-state index contributed by atoms with van der Waals surface area (Å²) < 4.78 is 61.7. The van der Waals surface area contributed by atoms with E-state index in [1.165, 1.54) is 0 Å². The Bertz CT molecular complexity index is 580. The molecule has 104 valence electrons. The summed E-state index contributed by atoms with van der Waals surface area (Å²) in [6, 6.07) is 0. The van der Waals surface area contributed by atoms with E-state index in [1.807, 2.05) is 0 Å². The van der Waals surface area contributed by atoms with Gasteiger partial charge in [-0.15, -0.1) is 9.35 Å². The zero-order valence-electron chi connectivity index (χ0n) is 8.99. The van der Waals surface area contributed by atoms with Gasteiger partial charge in [0, 0.05) is 0 Å². The predicted molar refractivity (Wildman–Crippen MR) is 51.0 cm³/mol. The Labute approximate surface area is 104 Å². The molecule has 3 rings (SSSR count). The molecule has 0 aromatic carbocycles. The highest BCUT2D eigenvalue weighted by atomic mass is 32.2. The lowest BCUT2D eigenvalue weighted by Crippen LogP contribution is -2.50. The van der Waals surface area contributed by atoms with Gasteiger partial charge in [0.1, 0.15) is 0 Å². The van der Waals surface area contributed by atoms with E-state index in [9.17, 15) is 31.2 Å². The van der Waals surface area contributed by atoms with E-state index >= 15 is 0 Å². The Morgan fingerprint density at radius 2 is 1.47 bits per heavy atom. The average Bonchev–Trinajstić information content (AvgIpc) is 2.41. The van der Waals surface area contributed by atoms with Crippen molar-refractivity contribution < 1.29 is 35.5 Å². The maximum atomic E-state index is 12.1. The van der Waals surface area contributed by atoms with E-state index in [0.29, 0.717) is 0 Å². The van der Waals surface area contributed by atoms with Gasteiger partial charge < -0.3 is 0 Å². The van der Waals surface area contributed by atoms with E-state index in [2.05, 4.69) is 4.28 Å². The second kappa shape index (κ2) is 3.37. The molecule has 2 amide bonds. The topological polar surface area (TPSA) is 80.8 Å². The largest absolute Gasteiger partial charge is 0.525 e. The van der Waals surface area contributed by atoms with Crippen molar-refractivity contribution in [1.82, 2.24) is 5.06 Å². The molecular formula is C9H6F3NO5S. The maximum Gasteiger partial charge on any atom is 0.525 e. The number of alkyl halides is 3. The van der Waals surface area contributed by atoms with Gasteiger partial charge in [0.15, 0.2) is 0 Å². The summed E-state index contributed by atoms with van der Waals surface area (Å²) in [5.41, 5.74) is -5.69. The Morgan fingerprint density at radius 3 is 1.79 bits per heavy atom. The minimum absolute atomic E-state index is 0.205. The molecule has 0 bridgehead atoms. The van der Waals surface area contributed by atoms with Crippen molar-refractivity contribution in [2.45, 2.75) is 5.51 Å². The molecule has 10 heteroatoms. The first-order chi connectivity index (χ1) is 8.65. The van der Waals surface area contributed by atoms with Crippen molar-refractivity contribution in [3.8, 4) is 0 Å². The van der Waals surface area contributed by atoms with Crippen molar-refractivity contribution >= 4 is 21.9 Å². The lowest BCUT2D eigenvalue weighted by Gasteiger charge is -2.47. The molecule has 0 aromatic rings. The monoisotopic (exact) mass is 297 g/mol. The van der Waals surface area contributed by atoms with Crippen LogP contribution in [0.5, 0.6) is 0 Å². The molecule has 1 saturated heterocycles. The molecule has 2 aliphatic carbocycles. The number of imide groups is 1. The quantitative estimate of drug-likeness (QED) is 0.413. The van der Waals surface area contributed by atoms with Crippen molar-refractivity contribution in [1.29, 1.82) is 0 Å². The minimum atomic E-state index is -6.02. The summed E-state index contributed by atoms with van der Waals surface area (Å²) in [6.45, 7) is 0. The highest BCUT2D eigenvalue weighted by molar-refractivity contribution is 7.87. The van der Waals surface area contributed by atoms with Crippen molar-refractivity contribution in [3.63, 3.8) is 0 Å². The molecular weight excluding hydrogens is 291 g/mol. The first kappa shape index (κ1) is 12.6. The van der Waals surface area contributed by atoms with Crippen LogP contribution >= 0.6 is 0 Å². The van der Waals surface area contributed by atoms with Gasteiger partial charge >= 0.3 is 15.6 Å². The highest BCUT2D eigenvalue weighted by Crippen LogP contribution is 2.57. The van der Waals surface area contributed by atoms with Crippen molar-refractivity contribution in [2.75, 3.05) is 0 Å². The number of carbonyl (C=O) groups is 2. The summed E-state index contributed by atoms with van der Waals surface area (Å²) in [7, 11) is -6.02. The molecule has 0 aromatic heterocycles.